The second kappa shape index (κ2) is 5.65. The Hall–Kier alpha value is -1.49. The number of carbonyl (C=O) groups is 1. The monoisotopic (exact) mass is 280 g/mol. The van der Waals surface area contributed by atoms with Crippen LogP contribution >= 0.6 is 12.2 Å². The molecule has 2 rings (SSSR count). The highest BCUT2D eigenvalue weighted by atomic mass is 32.1. The zero-order valence-electron chi connectivity index (χ0n) is 10.9. The van der Waals surface area contributed by atoms with E-state index < -0.39 is 5.82 Å². The molecule has 3 nitrogen and oxygen atoms in total. The summed E-state index contributed by atoms with van der Waals surface area (Å²) < 4.78 is 13.8. The van der Waals surface area contributed by atoms with Crippen LogP contribution < -0.4 is 5.73 Å². The average molecular weight is 280 g/mol. The fraction of sp³-hybridized carbons (Fsp3) is 0.429. The number of nitrogens with two attached hydrogens (primary N) is 1. The van der Waals surface area contributed by atoms with E-state index in [1.165, 1.54) is 12.1 Å². The maximum atomic E-state index is 13.8. The van der Waals surface area contributed by atoms with Crippen LogP contribution in [-0.2, 0) is 0 Å². The van der Waals surface area contributed by atoms with Gasteiger partial charge in [0.05, 0.1) is 10.6 Å². The number of amides is 1. The molecule has 5 heteroatoms. The molecule has 0 radical (unpaired) electrons. The molecule has 1 aromatic carbocycles. The average Bonchev–Trinajstić information content (AvgIpc) is 2.38. The first-order valence-corrected chi connectivity index (χ1v) is 6.74. The molecule has 1 fully saturated rings. The Morgan fingerprint density at radius 1 is 1.53 bits per heavy atom. The van der Waals surface area contributed by atoms with Gasteiger partial charge in [0.2, 0.25) is 0 Å². The van der Waals surface area contributed by atoms with Crippen molar-refractivity contribution in [1.29, 1.82) is 0 Å². The number of hydrogen-bond acceptors (Lipinski definition) is 2. The zero-order valence-corrected chi connectivity index (χ0v) is 11.7. The Morgan fingerprint density at radius 2 is 2.26 bits per heavy atom. The lowest BCUT2D eigenvalue weighted by molar-refractivity contribution is 0.0699. The van der Waals surface area contributed by atoms with Crippen molar-refractivity contribution in [3.8, 4) is 0 Å². The Kier molecular flexibility index (Phi) is 4.14. The molecule has 1 atom stereocenters. The number of carbonyl (C=O) groups excluding carboxylic acids is 1. The van der Waals surface area contributed by atoms with E-state index in [9.17, 15) is 9.18 Å². The lowest BCUT2D eigenvalue weighted by Gasteiger charge is -2.32. The van der Waals surface area contributed by atoms with Crippen molar-refractivity contribution in [2.75, 3.05) is 13.1 Å². The molecule has 0 spiro atoms. The maximum absolute atomic E-state index is 13.8. The summed E-state index contributed by atoms with van der Waals surface area (Å²) >= 11 is 4.98. The van der Waals surface area contributed by atoms with Gasteiger partial charge in [0, 0.05) is 19.0 Å². The SMILES string of the molecule is Cc1ccc(C(=O)N2CCCC(C(N)=S)C2)c(F)c1. The number of thiocarbonyl (C=S) groups is 1. The predicted molar refractivity (Wildman–Crippen MR) is 76.5 cm³/mol. The maximum Gasteiger partial charge on any atom is 0.256 e. The Balaban J connectivity index is 2.17. The van der Waals surface area contributed by atoms with E-state index in [1.54, 1.807) is 17.9 Å². The van der Waals surface area contributed by atoms with E-state index >= 15 is 0 Å². The fourth-order valence-electron chi connectivity index (χ4n) is 2.36. The first-order valence-electron chi connectivity index (χ1n) is 6.34. The topological polar surface area (TPSA) is 46.3 Å². The first-order chi connectivity index (χ1) is 8.99. The third kappa shape index (κ3) is 3.10. The molecule has 0 saturated carbocycles. The van der Waals surface area contributed by atoms with Gasteiger partial charge in [0.15, 0.2) is 0 Å². The van der Waals surface area contributed by atoms with Gasteiger partial charge in [0.25, 0.3) is 5.91 Å². The number of aryl methyl sites for hydroxylation is 1. The van der Waals surface area contributed by atoms with Crippen LogP contribution in [0.2, 0.25) is 0 Å². The van der Waals surface area contributed by atoms with Gasteiger partial charge in [0.1, 0.15) is 5.82 Å². The third-order valence-corrected chi connectivity index (χ3v) is 3.80. The summed E-state index contributed by atoms with van der Waals surface area (Å²) in [6.07, 6.45) is 1.75. The van der Waals surface area contributed by atoms with Gasteiger partial charge < -0.3 is 10.6 Å². The van der Waals surface area contributed by atoms with Crippen LogP contribution in [0.3, 0.4) is 0 Å². The zero-order chi connectivity index (χ0) is 14.0. The summed E-state index contributed by atoms with van der Waals surface area (Å²) in [5.74, 6) is -0.706. The first kappa shape index (κ1) is 13.9. The summed E-state index contributed by atoms with van der Waals surface area (Å²) in [5, 5.41) is 0. The standard InChI is InChI=1S/C14H17FN2OS/c1-9-4-5-11(12(15)7-9)14(18)17-6-2-3-10(8-17)13(16)19/h4-5,7,10H,2-3,6,8H2,1H3,(H2,16,19). The molecule has 2 N–H and O–H groups in total. The highest BCUT2D eigenvalue weighted by Crippen LogP contribution is 2.20. The molecule has 1 aliphatic rings. The van der Waals surface area contributed by atoms with Crippen LogP contribution in [0.5, 0.6) is 0 Å². The van der Waals surface area contributed by atoms with E-state index in [1.807, 2.05) is 0 Å². The molecule has 0 bridgehead atoms. The van der Waals surface area contributed by atoms with Crippen molar-refractivity contribution in [2.24, 2.45) is 11.7 Å². The summed E-state index contributed by atoms with van der Waals surface area (Å²) in [7, 11) is 0. The molecular weight excluding hydrogens is 263 g/mol. The van der Waals surface area contributed by atoms with Crippen LogP contribution in [0.25, 0.3) is 0 Å². The summed E-state index contributed by atoms with van der Waals surface area (Å²) in [5.41, 5.74) is 6.56. The molecule has 102 valence electrons. The normalized spacial score (nSPS) is 19.3. The van der Waals surface area contributed by atoms with Crippen LogP contribution in [0.4, 0.5) is 4.39 Å². The van der Waals surface area contributed by atoms with E-state index in [0.29, 0.717) is 18.1 Å². The molecule has 0 aliphatic carbocycles. The molecule has 1 aromatic rings. The largest absolute Gasteiger partial charge is 0.393 e. The second-order valence-corrected chi connectivity index (χ2v) is 5.45. The van der Waals surface area contributed by atoms with Crippen molar-refractivity contribution >= 4 is 23.1 Å². The Bertz CT molecular complexity index is 518. The smallest absolute Gasteiger partial charge is 0.256 e. The summed E-state index contributed by atoms with van der Waals surface area (Å²) in [4.78, 5) is 14.4. The number of piperidine rings is 1. The number of hydrogen-bond donors (Lipinski definition) is 1. The summed E-state index contributed by atoms with van der Waals surface area (Å²) in [6, 6.07) is 4.66. The van der Waals surface area contributed by atoms with Crippen molar-refractivity contribution in [3.05, 3.63) is 35.1 Å². The number of likely N-dealkylation sites (tertiary alicyclic amines) is 1. The van der Waals surface area contributed by atoms with Crippen LogP contribution in [-0.4, -0.2) is 28.9 Å². The molecular formula is C14H17FN2OS. The van der Waals surface area contributed by atoms with Crippen LogP contribution in [0.1, 0.15) is 28.8 Å². The van der Waals surface area contributed by atoms with Gasteiger partial charge in [-0.3, -0.25) is 4.79 Å². The predicted octanol–water partition coefficient (Wildman–Crippen LogP) is 2.27. The molecule has 0 aromatic heterocycles. The molecule has 1 aliphatic heterocycles. The lowest BCUT2D eigenvalue weighted by Crippen LogP contribution is -2.43. The second-order valence-electron chi connectivity index (χ2n) is 4.98. The highest BCUT2D eigenvalue weighted by Gasteiger charge is 2.27. The van der Waals surface area contributed by atoms with Crippen LogP contribution in [0, 0.1) is 18.7 Å². The minimum Gasteiger partial charge on any atom is -0.393 e. The van der Waals surface area contributed by atoms with Gasteiger partial charge in [-0.1, -0.05) is 18.3 Å². The summed E-state index contributed by atoms with van der Waals surface area (Å²) in [6.45, 7) is 2.91. The minimum atomic E-state index is -0.470. The molecule has 1 saturated heterocycles. The Labute approximate surface area is 117 Å². The van der Waals surface area contributed by atoms with Crippen molar-refractivity contribution < 1.29 is 9.18 Å². The van der Waals surface area contributed by atoms with Gasteiger partial charge in [-0.05, 0) is 37.5 Å². The van der Waals surface area contributed by atoms with Gasteiger partial charge in [-0.25, -0.2) is 4.39 Å². The van der Waals surface area contributed by atoms with E-state index in [4.69, 9.17) is 18.0 Å². The molecule has 1 heterocycles. The Morgan fingerprint density at radius 3 is 2.89 bits per heavy atom. The van der Waals surface area contributed by atoms with E-state index in [2.05, 4.69) is 0 Å². The van der Waals surface area contributed by atoms with E-state index in [0.717, 1.165) is 18.4 Å². The quantitative estimate of drug-likeness (QED) is 0.845. The highest BCUT2D eigenvalue weighted by molar-refractivity contribution is 7.80. The molecule has 1 unspecified atom stereocenters. The van der Waals surface area contributed by atoms with Gasteiger partial charge in [-0.2, -0.15) is 0 Å². The van der Waals surface area contributed by atoms with Gasteiger partial charge >= 0.3 is 0 Å². The van der Waals surface area contributed by atoms with Gasteiger partial charge in [-0.15, -0.1) is 0 Å². The minimum absolute atomic E-state index is 0.0428. The van der Waals surface area contributed by atoms with Crippen molar-refractivity contribution in [3.63, 3.8) is 0 Å². The molecule has 1 amide bonds. The van der Waals surface area contributed by atoms with E-state index in [-0.39, 0.29) is 17.4 Å². The number of nitrogens with zero attached hydrogens (tertiary/aromatic N) is 1. The third-order valence-electron chi connectivity index (χ3n) is 3.47. The van der Waals surface area contributed by atoms with Crippen molar-refractivity contribution in [2.45, 2.75) is 19.8 Å². The fourth-order valence-corrected chi connectivity index (χ4v) is 2.55. The lowest BCUT2D eigenvalue weighted by atomic mass is 9.97. The number of benzene rings is 1. The van der Waals surface area contributed by atoms with Crippen molar-refractivity contribution in [1.82, 2.24) is 4.90 Å². The number of rotatable bonds is 2. The van der Waals surface area contributed by atoms with Crippen LogP contribution in [0.15, 0.2) is 18.2 Å². The number of halogens is 1. The molecule has 19 heavy (non-hydrogen) atoms.